The fourth-order valence-electron chi connectivity index (χ4n) is 3.00. The lowest BCUT2D eigenvalue weighted by molar-refractivity contribution is 0.429. The lowest BCUT2D eigenvalue weighted by Crippen LogP contribution is -2.15. The van der Waals surface area contributed by atoms with Gasteiger partial charge in [-0.3, -0.25) is 0 Å². The lowest BCUT2D eigenvalue weighted by Gasteiger charge is -2.06. The zero-order valence-corrected chi connectivity index (χ0v) is 15.4. The van der Waals surface area contributed by atoms with Gasteiger partial charge in [-0.05, 0) is 36.6 Å². The smallest absolute Gasteiger partial charge is 0.321 e. The van der Waals surface area contributed by atoms with Gasteiger partial charge in [0.15, 0.2) is 9.84 Å². The topological polar surface area (TPSA) is 94.3 Å². The summed E-state index contributed by atoms with van der Waals surface area (Å²) in [6.07, 6.45) is 0.662. The molecule has 1 unspecified atom stereocenters. The number of hydrogen-bond acceptors (Lipinski definition) is 7. The number of hydrogen-bond donors (Lipinski definition) is 1. The second-order valence-corrected chi connectivity index (χ2v) is 8.74. The Labute approximate surface area is 157 Å². The van der Waals surface area contributed by atoms with Crippen LogP contribution in [0.1, 0.15) is 6.42 Å². The van der Waals surface area contributed by atoms with Crippen LogP contribution in [0.2, 0.25) is 0 Å². The third-order valence-corrected chi connectivity index (χ3v) is 6.20. The first-order valence-electron chi connectivity index (χ1n) is 8.69. The van der Waals surface area contributed by atoms with E-state index in [0.717, 1.165) is 11.3 Å². The molecule has 1 aliphatic heterocycles. The van der Waals surface area contributed by atoms with E-state index in [1.54, 1.807) is 0 Å². The van der Waals surface area contributed by atoms with Crippen molar-refractivity contribution in [3.05, 3.63) is 54.6 Å². The van der Waals surface area contributed by atoms with Crippen LogP contribution in [0, 0.1) is 5.92 Å². The summed E-state index contributed by atoms with van der Waals surface area (Å²) >= 11 is 0. The van der Waals surface area contributed by atoms with Gasteiger partial charge < -0.3 is 14.6 Å². The first-order valence-corrected chi connectivity index (χ1v) is 10.5. The molecule has 1 fully saturated rings. The number of rotatable bonds is 6. The van der Waals surface area contributed by atoms with Gasteiger partial charge in [-0.15, -0.1) is 0 Å². The lowest BCUT2D eigenvalue weighted by atomic mass is 10.1. The Morgan fingerprint density at radius 1 is 1.11 bits per heavy atom. The Hall–Kier alpha value is -2.87. The molecule has 0 spiro atoms. The standard InChI is InChI=1S/C19H19N3O4S/c23-27(24)10-9-14(13-27)12-20-19-21-18(22-26-19)15-5-4-8-17(11-15)25-16-6-2-1-3-7-16/h1-8,11,14H,9-10,12-13H2,(H,20,21,22). The van der Waals surface area contributed by atoms with Crippen molar-refractivity contribution in [3.8, 4) is 22.9 Å². The molecule has 3 aromatic rings. The summed E-state index contributed by atoms with van der Waals surface area (Å²) in [6, 6.07) is 17.2. The molecule has 1 atom stereocenters. The van der Waals surface area contributed by atoms with E-state index < -0.39 is 9.84 Å². The number of anilines is 1. The first-order chi connectivity index (χ1) is 13.1. The average molecular weight is 385 g/mol. The molecule has 4 rings (SSSR count). The maximum Gasteiger partial charge on any atom is 0.321 e. The van der Waals surface area contributed by atoms with Crippen LogP contribution < -0.4 is 10.1 Å². The van der Waals surface area contributed by atoms with E-state index in [-0.39, 0.29) is 23.4 Å². The minimum Gasteiger partial charge on any atom is -0.457 e. The molecule has 7 nitrogen and oxygen atoms in total. The van der Waals surface area contributed by atoms with Gasteiger partial charge in [0.2, 0.25) is 5.82 Å². The molecule has 0 saturated carbocycles. The summed E-state index contributed by atoms with van der Waals surface area (Å²) in [4.78, 5) is 4.33. The summed E-state index contributed by atoms with van der Waals surface area (Å²) in [7, 11) is -2.89. The van der Waals surface area contributed by atoms with Gasteiger partial charge >= 0.3 is 6.01 Å². The van der Waals surface area contributed by atoms with Crippen LogP contribution in [-0.2, 0) is 9.84 Å². The van der Waals surface area contributed by atoms with Gasteiger partial charge in [0.05, 0.1) is 11.5 Å². The maximum atomic E-state index is 11.5. The number of aromatic nitrogens is 2. The predicted molar refractivity (Wildman–Crippen MR) is 102 cm³/mol. The van der Waals surface area contributed by atoms with E-state index in [1.807, 2.05) is 54.6 Å². The predicted octanol–water partition coefficient (Wildman–Crippen LogP) is 3.38. The zero-order valence-electron chi connectivity index (χ0n) is 14.5. The monoisotopic (exact) mass is 385 g/mol. The highest BCUT2D eigenvalue weighted by atomic mass is 32.2. The van der Waals surface area contributed by atoms with E-state index in [4.69, 9.17) is 9.26 Å². The van der Waals surface area contributed by atoms with E-state index >= 15 is 0 Å². The van der Waals surface area contributed by atoms with Gasteiger partial charge in [0.25, 0.3) is 0 Å². The highest BCUT2D eigenvalue weighted by molar-refractivity contribution is 7.91. The molecule has 1 N–H and O–H groups in total. The number of para-hydroxylation sites is 1. The number of nitrogens with one attached hydrogen (secondary N) is 1. The van der Waals surface area contributed by atoms with Gasteiger partial charge in [0, 0.05) is 12.1 Å². The first kappa shape index (κ1) is 17.5. The number of sulfone groups is 1. The van der Waals surface area contributed by atoms with Gasteiger partial charge in [-0.2, -0.15) is 4.98 Å². The largest absolute Gasteiger partial charge is 0.457 e. The van der Waals surface area contributed by atoms with Crippen molar-refractivity contribution < 1.29 is 17.7 Å². The summed E-state index contributed by atoms with van der Waals surface area (Å²) < 4.78 is 34.1. The third kappa shape index (κ3) is 4.46. The normalized spacial score (nSPS) is 18.3. The van der Waals surface area contributed by atoms with Gasteiger partial charge in [0.1, 0.15) is 11.5 Å². The average Bonchev–Trinajstić information content (AvgIpc) is 3.27. The van der Waals surface area contributed by atoms with Gasteiger partial charge in [-0.25, -0.2) is 8.42 Å². The molecule has 140 valence electrons. The molecule has 27 heavy (non-hydrogen) atoms. The SMILES string of the molecule is O=S1(=O)CCC(CNc2nc(-c3cccc(Oc4ccccc4)c3)no2)C1. The van der Waals surface area contributed by atoms with Crippen molar-refractivity contribution in [2.75, 3.05) is 23.4 Å². The Bertz CT molecular complexity index is 1020. The zero-order chi connectivity index (χ0) is 18.7. The van der Waals surface area contributed by atoms with E-state index in [2.05, 4.69) is 15.5 Å². The quantitative estimate of drug-likeness (QED) is 0.695. The Kier molecular flexibility index (Phi) is 4.81. The van der Waals surface area contributed by atoms with Crippen LogP contribution >= 0.6 is 0 Å². The van der Waals surface area contributed by atoms with E-state index in [1.165, 1.54) is 0 Å². The molecule has 0 bridgehead atoms. The summed E-state index contributed by atoms with van der Waals surface area (Å²) in [5.41, 5.74) is 0.767. The van der Waals surface area contributed by atoms with E-state index in [0.29, 0.717) is 24.5 Å². The second-order valence-electron chi connectivity index (χ2n) is 6.52. The molecular weight excluding hydrogens is 366 g/mol. The van der Waals surface area contributed by atoms with Crippen molar-refractivity contribution in [1.82, 2.24) is 10.1 Å². The van der Waals surface area contributed by atoms with Crippen LogP contribution in [0.4, 0.5) is 6.01 Å². The minimum absolute atomic E-state index is 0.0768. The molecular formula is C19H19N3O4S. The summed E-state index contributed by atoms with van der Waals surface area (Å²) in [5, 5.41) is 7.02. The minimum atomic E-state index is -2.89. The Morgan fingerprint density at radius 2 is 1.93 bits per heavy atom. The maximum absolute atomic E-state index is 11.5. The van der Waals surface area contributed by atoms with Gasteiger partial charge in [-0.1, -0.05) is 35.5 Å². The highest BCUT2D eigenvalue weighted by Gasteiger charge is 2.27. The number of benzene rings is 2. The van der Waals surface area contributed by atoms with Crippen LogP contribution in [0.3, 0.4) is 0 Å². The molecule has 1 aliphatic rings. The molecule has 2 heterocycles. The molecule has 0 aliphatic carbocycles. The highest BCUT2D eigenvalue weighted by Crippen LogP contribution is 2.26. The van der Waals surface area contributed by atoms with Crippen LogP contribution in [0.5, 0.6) is 11.5 Å². The van der Waals surface area contributed by atoms with Crippen molar-refractivity contribution in [2.24, 2.45) is 5.92 Å². The molecule has 8 heteroatoms. The molecule has 1 aromatic heterocycles. The summed E-state index contributed by atoms with van der Waals surface area (Å²) in [5.74, 6) is 2.40. The second kappa shape index (κ2) is 7.40. The number of nitrogens with zero attached hydrogens (tertiary/aromatic N) is 2. The summed E-state index contributed by atoms with van der Waals surface area (Å²) in [6.45, 7) is 0.498. The van der Waals surface area contributed by atoms with Crippen molar-refractivity contribution >= 4 is 15.9 Å². The van der Waals surface area contributed by atoms with Crippen LogP contribution in [0.15, 0.2) is 59.1 Å². The fraction of sp³-hybridized carbons (Fsp3) is 0.263. The van der Waals surface area contributed by atoms with Crippen molar-refractivity contribution in [2.45, 2.75) is 6.42 Å². The fourth-order valence-corrected chi connectivity index (χ4v) is 4.86. The van der Waals surface area contributed by atoms with Crippen LogP contribution in [-0.4, -0.2) is 36.6 Å². The van der Waals surface area contributed by atoms with E-state index in [9.17, 15) is 8.42 Å². The molecule has 0 radical (unpaired) electrons. The molecule has 1 saturated heterocycles. The van der Waals surface area contributed by atoms with Crippen LogP contribution in [0.25, 0.3) is 11.4 Å². The third-order valence-electron chi connectivity index (χ3n) is 4.37. The number of ether oxygens (including phenoxy) is 1. The van der Waals surface area contributed by atoms with Crippen molar-refractivity contribution in [3.63, 3.8) is 0 Å². The Balaban J connectivity index is 1.41. The molecule has 2 aromatic carbocycles. The van der Waals surface area contributed by atoms with Crippen molar-refractivity contribution in [1.29, 1.82) is 0 Å². The Morgan fingerprint density at radius 3 is 2.70 bits per heavy atom. The molecule has 0 amide bonds.